The number of hydrogen-bond donors (Lipinski definition) is 0. The van der Waals surface area contributed by atoms with Crippen LogP contribution in [0.4, 0.5) is 0 Å². The van der Waals surface area contributed by atoms with Gasteiger partial charge in [0, 0.05) is 73.6 Å². The van der Waals surface area contributed by atoms with Crippen molar-refractivity contribution in [1.82, 2.24) is 0 Å². The Morgan fingerprint density at radius 2 is 0.593 bits per heavy atom. The Balaban J connectivity index is 0.000000102. The van der Waals surface area contributed by atoms with E-state index in [-0.39, 0.29) is 5.41 Å². The minimum absolute atomic E-state index is 0.0635. The molecule has 13 aromatic carbocycles. The molecule has 17 aromatic rings. The number of nitrogens with zero attached hydrogens (tertiary/aromatic N) is 4. The lowest BCUT2D eigenvalue weighted by molar-refractivity contribution is -0.658. The molecule has 522 valence electrons. The van der Waals surface area contributed by atoms with Gasteiger partial charge in [0.2, 0.25) is 33.8 Å². The summed E-state index contributed by atoms with van der Waals surface area (Å²) in [5.41, 5.74) is 46.9. The average molecular weight is 1400 g/mol. The van der Waals surface area contributed by atoms with Crippen LogP contribution >= 0.6 is 0 Å². The summed E-state index contributed by atoms with van der Waals surface area (Å²) in [6.45, 7) is 24.7. The highest BCUT2D eigenvalue weighted by Crippen LogP contribution is 2.54. The minimum atomic E-state index is 0.0635. The van der Waals surface area contributed by atoms with Crippen molar-refractivity contribution in [2.75, 3.05) is 0 Å². The van der Waals surface area contributed by atoms with Gasteiger partial charge in [-0.3, -0.25) is 0 Å². The molecule has 0 saturated carbocycles. The van der Waals surface area contributed by atoms with Crippen molar-refractivity contribution in [3.8, 4) is 134 Å². The fraction of sp³-hybridized carbons (Fsp3) is 0.154. The van der Waals surface area contributed by atoms with Gasteiger partial charge in [-0.1, -0.05) is 232 Å². The first-order valence-electron chi connectivity index (χ1n) is 38.2. The first-order valence-corrected chi connectivity index (χ1v) is 38.2. The van der Waals surface area contributed by atoms with E-state index in [1.165, 1.54) is 238 Å². The van der Waals surface area contributed by atoms with E-state index in [4.69, 9.17) is 0 Å². The van der Waals surface area contributed by atoms with Crippen LogP contribution in [0.1, 0.15) is 70.8 Å². The second-order valence-corrected chi connectivity index (χ2v) is 31.8. The summed E-state index contributed by atoms with van der Waals surface area (Å²) < 4.78 is 9.34. The Morgan fingerprint density at radius 1 is 0.250 bits per heavy atom. The van der Waals surface area contributed by atoms with Gasteiger partial charge >= 0.3 is 0 Å². The van der Waals surface area contributed by atoms with E-state index in [9.17, 15) is 0 Å². The molecule has 0 atom stereocenters. The number of fused-ring (bicyclic) bond motifs is 13. The van der Waals surface area contributed by atoms with Gasteiger partial charge in [-0.05, 0) is 214 Å². The van der Waals surface area contributed by atoms with Gasteiger partial charge in [0.1, 0.15) is 28.2 Å². The van der Waals surface area contributed by atoms with Gasteiger partial charge in [-0.15, -0.1) is 0 Å². The van der Waals surface area contributed by atoms with Crippen LogP contribution in [0.3, 0.4) is 0 Å². The molecule has 0 N–H and O–H groups in total. The third-order valence-electron chi connectivity index (χ3n) is 24.1. The molecular weight excluding hydrogens is 1310 g/mol. The predicted molar refractivity (Wildman–Crippen MR) is 454 cm³/mol. The predicted octanol–water partition coefficient (Wildman–Crippen LogP) is 24.8. The maximum atomic E-state index is 2.44. The number of benzene rings is 13. The summed E-state index contributed by atoms with van der Waals surface area (Å²) in [7, 11) is 8.74. The van der Waals surface area contributed by atoms with Crippen molar-refractivity contribution in [3.05, 3.63) is 323 Å². The molecule has 21 rings (SSSR count). The van der Waals surface area contributed by atoms with Crippen LogP contribution in [-0.4, -0.2) is 0 Å². The van der Waals surface area contributed by atoms with Crippen molar-refractivity contribution >= 4 is 54.1 Å². The van der Waals surface area contributed by atoms with Gasteiger partial charge in [0.25, 0.3) is 0 Å². The van der Waals surface area contributed by atoms with Gasteiger partial charge in [-0.25, -0.2) is 0 Å². The molecule has 4 aliphatic carbocycles. The van der Waals surface area contributed by atoms with E-state index in [0.29, 0.717) is 0 Å². The molecule has 0 radical (unpaired) electrons. The summed E-state index contributed by atoms with van der Waals surface area (Å²) in [6, 6.07) is 95.9. The molecule has 4 nitrogen and oxygen atoms in total. The number of hydrogen-bond acceptors (Lipinski definition) is 0. The van der Waals surface area contributed by atoms with Crippen molar-refractivity contribution in [2.45, 2.75) is 81.6 Å². The molecule has 4 heterocycles. The van der Waals surface area contributed by atoms with Crippen LogP contribution in [0.25, 0.3) is 188 Å². The Labute approximate surface area is 635 Å². The maximum Gasteiger partial charge on any atom is 0.221 e. The quantitative estimate of drug-likeness (QED) is 0.156. The number of rotatable bonds is 4. The van der Waals surface area contributed by atoms with Crippen LogP contribution in [0, 0.1) is 55.4 Å². The molecule has 4 aliphatic rings. The molecule has 4 aromatic heterocycles. The van der Waals surface area contributed by atoms with Crippen LogP contribution in [-0.2, 0) is 33.6 Å². The third kappa shape index (κ3) is 10.6. The van der Waals surface area contributed by atoms with Crippen LogP contribution < -0.4 is 18.3 Å². The number of aromatic nitrogens is 4. The zero-order chi connectivity index (χ0) is 74.5. The lowest BCUT2D eigenvalue weighted by atomic mass is 9.80. The van der Waals surface area contributed by atoms with Gasteiger partial charge < -0.3 is 0 Å². The lowest BCUT2D eigenvalue weighted by Crippen LogP contribution is -2.32. The van der Waals surface area contributed by atoms with Crippen LogP contribution in [0.5, 0.6) is 0 Å². The fourth-order valence-electron chi connectivity index (χ4n) is 18.8. The molecule has 0 amide bonds. The van der Waals surface area contributed by atoms with E-state index in [1.54, 1.807) is 0 Å². The molecule has 0 fully saturated rings. The third-order valence-corrected chi connectivity index (χ3v) is 24.1. The summed E-state index contributed by atoms with van der Waals surface area (Å²) in [5.74, 6) is 0. The van der Waals surface area contributed by atoms with Crippen molar-refractivity contribution in [1.29, 1.82) is 0 Å². The Hall–Kier alpha value is -12.2. The monoisotopic (exact) mass is 1390 g/mol. The molecule has 0 bridgehead atoms. The average Bonchev–Trinajstić information content (AvgIpc) is 1.58. The van der Waals surface area contributed by atoms with Crippen molar-refractivity contribution in [3.63, 3.8) is 0 Å². The SMILES string of the molecule is Cc1c(-c2cc3c4c(cccc4[n+]2C)-c2ccccc2-3)cc(C(C)(C)C)c2ccccc12.Cc1cc(C)c(C)c(-c2c3c4c(cccc4c[n+]2C)-c2ccccc2-3)c1.Cc1cc(C)c(C)c(-c2cc3c4c(cccc4[n+]2C)-c2ccccc2-3)c1.Cc1ccccc1-c1c2c3c(cccc3c[n+]1C)-c1ccccc1-2. The summed E-state index contributed by atoms with van der Waals surface area (Å²) in [6.07, 6.45) is 4.54. The Bertz CT molecular complexity index is 6720. The Morgan fingerprint density at radius 3 is 1.05 bits per heavy atom. The van der Waals surface area contributed by atoms with Crippen LogP contribution in [0.15, 0.2) is 273 Å². The smallest absolute Gasteiger partial charge is 0.200 e. The fourth-order valence-corrected chi connectivity index (χ4v) is 18.8. The molecule has 108 heavy (non-hydrogen) atoms. The first-order chi connectivity index (χ1) is 52.2. The van der Waals surface area contributed by atoms with E-state index < -0.39 is 0 Å². The lowest BCUT2D eigenvalue weighted by Gasteiger charge is -2.24. The highest BCUT2D eigenvalue weighted by molar-refractivity contribution is 6.20. The molecule has 0 aliphatic heterocycles. The van der Waals surface area contributed by atoms with E-state index >= 15 is 0 Å². The zero-order valence-electron chi connectivity index (χ0n) is 64.8. The summed E-state index contributed by atoms with van der Waals surface area (Å²) in [4.78, 5) is 0. The highest BCUT2D eigenvalue weighted by Gasteiger charge is 2.36. The molecule has 0 spiro atoms. The minimum Gasteiger partial charge on any atom is -0.200 e. The summed E-state index contributed by atoms with van der Waals surface area (Å²) in [5, 5.41) is 10.8. The Kier molecular flexibility index (Phi) is 16.1. The molecule has 4 heteroatoms. The van der Waals surface area contributed by atoms with E-state index in [2.05, 4.69) is 396 Å². The largest absolute Gasteiger partial charge is 0.221 e. The highest BCUT2D eigenvalue weighted by atomic mass is 15.0. The van der Waals surface area contributed by atoms with E-state index in [1.807, 2.05) is 0 Å². The van der Waals surface area contributed by atoms with Crippen molar-refractivity contribution in [2.24, 2.45) is 28.2 Å². The summed E-state index contributed by atoms with van der Waals surface area (Å²) >= 11 is 0. The normalized spacial score (nSPS) is 12.0. The first kappa shape index (κ1) is 67.6. The number of pyridine rings is 4. The van der Waals surface area contributed by atoms with E-state index in [0.717, 1.165) is 0 Å². The zero-order valence-corrected chi connectivity index (χ0v) is 64.8. The second kappa shape index (κ2) is 25.8. The second-order valence-electron chi connectivity index (χ2n) is 31.8. The topological polar surface area (TPSA) is 15.5 Å². The molecule has 0 saturated heterocycles. The molecular formula is C104H90N4+4. The molecule has 0 unspecified atom stereocenters. The van der Waals surface area contributed by atoms with Gasteiger partial charge in [0.15, 0.2) is 12.4 Å². The van der Waals surface area contributed by atoms with Crippen molar-refractivity contribution < 1.29 is 18.3 Å². The number of aryl methyl sites for hydroxylation is 10. The van der Waals surface area contributed by atoms with Gasteiger partial charge in [0.05, 0.1) is 27.5 Å². The standard InChI is InChI=1S/C31H28N.2C25H22N.C23H18N/c1-19-20-11-6-9-14-23(20)27(31(2,3)4)17-25(19)29-18-26-22-13-8-7-12-21(22)24-15-10-16-28(30(24)26)32(29)5;1-15-12-16(2)17(3)22(13-15)25-24-21-10-6-5-9-19(21)20-11-7-8-18(23(20)24)14-26(25)4;1-15-12-16(2)17(3)21(13-15)24-14-22-19-9-6-5-8-18(19)20-10-7-11-23(25(20)22)26(24)4;1-15-8-3-4-10-17(15)23-22-20-12-6-5-11-18(20)19-13-7-9-16(21(19)22)14-24(23)2/h6-18H,1-5H3;2*5-14H,1-4H3;3-14H,1-2H3/q4*+1. The van der Waals surface area contributed by atoms with Crippen LogP contribution in [0.2, 0.25) is 0 Å². The van der Waals surface area contributed by atoms with Gasteiger partial charge in [-0.2, -0.15) is 18.3 Å². The maximum absolute atomic E-state index is 2.44.